The monoisotopic (exact) mass is 565 g/mol. The van der Waals surface area contributed by atoms with Crippen molar-refractivity contribution in [3.8, 4) is 0 Å². The van der Waals surface area contributed by atoms with Crippen LogP contribution in [0.25, 0.3) is 10.9 Å². The number of anilines is 2. The molecule has 0 aliphatic heterocycles. The Kier molecular flexibility index (Phi) is 6.44. The first-order chi connectivity index (χ1) is 18.0. The van der Waals surface area contributed by atoms with Crippen LogP contribution in [0.5, 0.6) is 0 Å². The number of aromatic nitrogens is 8. The van der Waals surface area contributed by atoms with Crippen molar-refractivity contribution in [2.45, 2.75) is 13.1 Å². The zero-order chi connectivity index (χ0) is 27.3. The van der Waals surface area contributed by atoms with E-state index in [4.69, 9.17) is 23.2 Å². The van der Waals surface area contributed by atoms with Crippen LogP contribution >= 0.6 is 23.2 Å². The predicted octanol–water partition coefficient (Wildman–Crippen LogP) is 2.98. The number of rotatable bonds is 6. The second kappa shape index (κ2) is 9.61. The minimum Gasteiger partial charge on any atom is -0.324 e. The van der Waals surface area contributed by atoms with Crippen molar-refractivity contribution in [1.82, 2.24) is 38.7 Å². The van der Waals surface area contributed by atoms with Crippen molar-refractivity contribution in [3.05, 3.63) is 90.6 Å². The molecular weight excluding hydrogens is 550 g/mol. The van der Waals surface area contributed by atoms with Crippen LogP contribution in [-0.4, -0.2) is 38.7 Å². The Morgan fingerprint density at radius 2 is 1.63 bits per heavy atom. The van der Waals surface area contributed by atoms with E-state index in [-0.39, 0.29) is 33.3 Å². The third-order valence-electron chi connectivity index (χ3n) is 5.58. The fourth-order valence-corrected chi connectivity index (χ4v) is 4.11. The van der Waals surface area contributed by atoms with Gasteiger partial charge in [-0.15, -0.1) is 0 Å². The Bertz CT molecular complexity index is 1830. The number of halogens is 5. The van der Waals surface area contributed by atoms with Gasteiger partial charge in [-0.05, 0) is 29.8 Å². The summed E-state index contributed by atoms with van der Waals surface area (Å²) in [5.74, 6) is -4.10. The van der Waals surface area contributed by atoms with E-state index < -0.39 is 41.9 Å². The van der Waals surface area contributed by atoms with Gasteiger partial charge in [-0.25, -0.2) is 32.0 Å². The molecule has 3 heterocycles. The van der Waals surface area contributed by atoms with E-state index >= 15 is 0 Å². The summed E-state index contributed by atoms with van der Waals surface area (Å²) in [4.78, 5) is 34.3. The van der Waals surface area contributed by atoms with Gasteiger partial charge < -0.3 is 5.32 Å². The summed E-state index contributed by atoms with van der Waals surface area (Å²) in [7, 11) is 3.24. The number of aryl methyl sites for hydroxylation is 2. The normalized spacial score (nSPS) is 11.4. The summed E-state index contributed by atoms with van der Waals surface area (Å²) in [6.45, 7) is -1.02. The Morgan fingerprint density at radius 3 is 2.34 bits per heavy atom. The van der Waals surface area contributed by atoms with Crippen molar-refractivity contribution < 1.29 is 13.2 Å². The Labute approximate surface area is 220 Å². The first kappa shape index (κ1) is 25.5. The first-order valence-corrected chi connectivity index (χ1v) is 11.6. The second-order valence-corrected chi connectivity index (χ2v) is 9.02. The van der Waals surface area contributed by atoms with Crippen molar-refractivity contribution in [2.24, 2.45) is 14.1 Å². The number of hydrogen-bond donors (Lipinski definition) is 1. The molecule has 5 rings (SSSR count). The molecule has 1 N–H and O–H groups in total. The highest BCUT2D eigenvalue weighted by molar-refractivity contribution is 6.34. The van der Waals surface area contributed by atoms with Crippen LogP contribution in [0.15, 0.2) is 40.1 Å². The lowest BCUT2D eigenvalue weighted by atomic mass is 10.2. The molecule has 0 amide bonds. The van der Waals surface area contributed by atoms with Gasteiger partial charge in [0.15, 0.2) is 17.5 Å². The van der Waals surface area contributed by atoms with Crippen LogP contribution in [0, 0.1) is 17.5 Å². The SMILES string of the molecule is Cn1cc2cc(Nc3nc(=O)n(Cc4nc(Cl)n(C)n4)c(=O)n3Cc3cc(F)c(F)cc3F)c(Cl)cc2n1. The maximum Gasteiger partial charge on any atom is 0.355 e. The quantitative estimate of drug-likeness (QED) is 0.314. The summed E-state index contributed by atoms with van der Waals surface area (Å²) in [5, 5.41) is 12.0. The Morgan fingerprint density at radius 1 is 0.895 bits per heavy atom. The molecule has 0 saturated carbocycles. The van der Waals surface area contributed by atoms with Gasteiger partial charge in [0, 0.05) is 37.3 Å². The van der Waals surface area contributed by atoms with E-state index in [0.29, 0.717) is 27.6 Å². The highest BCUT2D eigenvalue weighted by atomic mass is 35.5. The van der Waals surface area contributed by atoms with Crippen molar-refractivity contribution in [3.63, 3.8) is 0 Å². The molecule has 11 nitrogen and oxygen atoms in total. The number of nitrogens with zero attached hydrogens (tertiary/aromatic N) is 8. The lowest BCUT2D eigenvalue weighted by Crippen LogP contribution is -2.43. The minimum absolute atomic E-state index is 0.0175. The van der Waals surface area contributed by atoms with E-state index in [1.807, 2.05) is 0 Å². The average Bonchev–Trinajstić information content (AvgIpc) is 3.36. The van der Waals surface area contributed by atoms with Gasteiger partial charge in [0.05, 0.1) is 29.3 Å². The molecule has 5 aromatic rings. The fourth-order valence-electron chi connectivity index (χ4n) is 3.77. The average molecular weight is 566 g/mol. The molecule has 0 atom stereocenters. The standard InChI is InChI=1S/C22H16Cl2F3N9O2/c1-33-7-11-4-17(12(23)5-16(11)31-33)28-20-30-21(37)36(9-18-29-19(24)34(2)32-18)22(38)35(20)8-10-3-14(26)15(27)6-13(10)25/h3-7H,8-9H2,1-2H3,(H,28,30,37). The van der Waals surface area contributed by atoms with Crippen molar-refractivity contribution in [1.29, 1.82) is 0 Å². The molecule has 196 valence electrons. The number of benzene rings is 2. The topological polar surface area (TPSA) is 117 Å². The highest BCUT2D eigenvalue weighted by Crippen LogP contribution is 2.29. The zero-order valence-electron chi connectivity index (χ0n) is 19.6. The molecule has 2 aromatic carbocycles. The van der Waals surface area contributed by atoms with E-state index in [0.717, 1.165) is 4.57 Å². The van der Waals surface area contributed by atoms with Gasteiger partial charge in [0.1, 0.15) is 5.82 Å². The number of hydrogen-bond acceptors (Lipinski definition) is 7. The van der Waals surface area contributed by atoms with Gasteiger partial charge in [-0.2, -0.15) is 20.2 Å². The van der Waals surface area contributed by atoms with Crippen LogP contribution in [0.2, 0.25) is 10.3 Å². The summed E-state index contributed by atoms with van der Waals surface area (Å²) in [6.07, 6.45) is 1.72. The van der Waals surface area contributed by atoms with E-state index in [9.17, 15) is 22.8 Å². The molecule has 0 saturated heterocycles. The summed E-state index contributed by atoms with van der Waals surface area (Å²) in [5.41, 5.74) is -1.46. The zero-order valence-corrected chi connectivity index (χ0v) is 21.1. The lowest BCUT2D eigenvalue weighted by molar-refractivity contribution is 0.485. The van der Waals surface area contributed by atoms with Crippen molar-refractivity contribution >= 4 is 45.7 Å². The highest BCUT2D eigenvalue weighted by Gasteiger charge is 2.20. The predicted molar refractivity (Wildman–Crippen MR) is 132 cm³/mol. The van der Waals surface area contributed by atoms with E-state index in [1.165, 1.54) is 11.7 Å². The summed E-state index contributed by atoms with van der Waals surface area (Å²) < 4.78 is 46.3. The summed E-state index contributed by atoms with van der Waals surface area (Å²) in [6, 6.07) is 4.16. The van der Waals surface area contributed by atoms with Crippen LogP contribution in [0.4, 0.5) is 24.8 Å². The molecule has 38 heavy (non-hydrogen) atoms. The molecule has 0 spiro atoms. The maximum absolute atomic E-state index is 14.5. The number of nitrogens with one attached hydrogen (secondary N) is 1. The number of fused-ring (bicyclic) bond motifs is 1. The molecule has 0 bridgehead atoms. The first-order valence-electron chi connectivity index (χ1n) is 10.8. The minimum atomic E-state index is -1.39. The van der Waals surface area contributed by atoms with E-state index in [1.54, 1.807) is 30.1 Å². The summed E-state index contributed by atoms with van der Waals surface area (Å²) >= 11 is 12.3. The van der Waals surface area contributed by atoms with Gasteiger partial charge >= 0.3 is 11.4 Å². The van der Waals surface area contributed by atoms with Crippen LogP contribution in [0.1, 0.15) is 11.4 Å². The lowest BCUT2D eigenvalue weighted by Gasteiger charge is -2.16. The molecule has 0 aliphatic rings. The van der Waals surface area contributed by atoms with Gasteiger partial charge in [-0.3, -0.25) is 9.25 Å². The molecule has 0 fully saturated rings. The molecule has 3 aromatic heterocycles. The Balaban J connectivity index is 1.65. The van der Waals surface area contributed by atoms with Gasteiger partial charge in [-0.1, -0.05) is 11.6 Å². The second-order valence-electron chi connectivity index (χ2n) is 8.27. The van der Waals surface area contributed by atoms with Crippen molar-refractivity contribution in [2.75, 3.05) is 5.32 Å². The maximum atomic E-state index is 14.5. The van der Waals surface area contributed by atoms with Crippen LogP contribution in [-0.2, 0) is 27.2 Å². The van der Waals surface area contributed by atoms with Gasteiger partial charge in [0.2, 0.25) is 11.2 Å². The molecule has 16 heteroatoms. The Hall–Kier alpha value is -4.17. The van der Waals surface area contributed by atoms with Crippen LogP contribution in [0.3, 0.4) is 0 Å². The molecule has 0 radical (unpaired) electrons. The third-order valence-corrected chi connectivity index (χ3v) is 6.22. The molecular formula is C22H16Cl2F3N9O2. The van der Waals surface area contributed by atoms with Gasteiger partial charge in [0.25, 0.3) is 0 Å². The molecule has 0 unspecified atom stereocenters. The smallest absolute Gasteiger partial charge is 0.324 e. The largest absolute Gasteiger partial charge is 0.355 e. The molecule has 0 aliphatic carbocycles. The fraction of sp³-hybridized carbons (Fsp3) is 0.182. The van der Waals surface area contributed by atoms with E-state index in [2.05, 4.69) is 25.5 Å². The third kappa shape index (κ3) is 4.75. The van der Waals surface area contributed by atoms with Crippen LogP contribution < -0.4 is 16.7 Å².